The van der Waals surface area contributed by atoms with Crippen molar-refractivity contribution in [2.24, 2.45) is 0 Å². The zero-order valence-corrected chi connectivity index (χ0v) is 9.10. The van der Waals surface area contributed by atoms with Gasteiger partial charge in [0, 0.05) is 11.3 Å². The molecule has 3 heteroatoms. The largest absolute Gasteiger partial charge is 0.325 e. The fourth-order valence-corrected chi connectivity index (χ4v) is 2.16. The van der Waals surface area contributed by atoms with Gasteiger partial charge >= 0.3 is 0 Å². The van der Waals surface area contributed by atoms with Crippen molar-refractivity contribution in [2.45, 2.75) is 27.2 Å². The second-order valence-electron chi connectivity index (χ2n) is 3.99. The molecule has 2 rings (SSSR count). The molecule has 0 spiro atoms. The van der Waals surface area contributed by atoms with E-state index in [0.717, 1.165) is 39.8 Å². The van der Waals surface area contributed by atoms with E-state index in [1.807, 2.05) is 20.8 Å². The fourth-order valence-electron chi connectivity index (χ4n) is 2.16. The molecule has 15 heavy (non-hydrogen) atoms. The highest BCUT2D eigenvalue weighted by molar-refractivity contribution is 6.02. The summed E-state index contributed by atoms with van der Waals surface area (Å²) in [6.45, 7) is 5.75. The van der Waals surface area contributed by atoms with Crippen molar-refractivity contribution >= 4 is 17.9 Å². The molecule has 0 aromatic heterocycles. The lowest BCUT2D eigenvalue weighted by molar-refractivity contribution is -0.115. The van der Waals surface area contributed by atoms with Crippen LogP contribution in [0, 0.1) is 20.8 Å². The van der Waals surface area contributed by atoms with Crippen molar-refractivity contribution in [1.29, 1.82) is 0 Å². The SMILES string of the molecule is Cc1c(C)c2c(c(C)c1C=O)CC(=O)N2. The van der Waals surface area contributed by atoms with Crippen LogP contribution in [0.3, 0.4) is 0 Å². The van der Waals surface area contributed by atoms with Crippen LogP contribution in [-0.2, 0) is 11.2 Å². The molecule has 1 aliphatic rings. The van der Waals surface area contributed by atoms with E-state index in [1.54, 1.807) is 0 Å². The van der Waals surface area contributed by atoms with Crippen LogP contribution in [0.1, 0.15) is 32.6 Å². The fraction of sp³-hybridized carbons (Fsp3) is 0.333. The van der Waals surface area contributed by atoms with Gasteiger partial charge in [-0.2, -0.15) is 0 Å². The molecule has 0 unspecified atom stereocenters. The van der Waals surface area contributed by atoms with E-state index >= 15 is 0 Å². The number of carbonyl (C=O) groups is 2. The summed E-state index contributed by atoms with van der Waals surface area (Å²) < 4.78 is 0. The van der Waals surface area contributed by atoms with Crippen molar-refractivity contribution in [2.75, 3.05) is 5.32 Å². The standard InChI is InChI=1S/C12H13NO2/c1-6-7(2)12-9(4-11(15)13-12)8(3)10(6)5-14/h5H,4H2,1-3H3,(H,13,15). The Balaban J connectivity index is 2.79. The average molecular weight is 203 g/mol. The second-order valence-corrected chi connectivity index (χ2v) is 3.99. The summed E-state index contributed by atoms with van der Waals surface area (Å²) in [6.07, 6.45) is 1.27. The number of carbonyl (C=O) groups excluding carboxylic acids is 2. The third-order valence-corrected chi connectivity index (χ3v) is 3.22. The van der Waals surface area contributed by atoms with E-state index in [4.69, 9.17) is 0 Å². The molecule has 1 amide bonds. The Kier molecular flexibility index (Phi) is 2.11. The molecule has 1 aromatic carbocycles. The van der Waals surface area contributed by atoms with Gasteiger partial charge in [-0.25, -0.2) is 0 Å². The number of aldehydes is 1. The predicted molar refractivity (Wildman–Crippen MR) is 58.4 cm³/mol. The van der Waals surface area contributed by atoms with Crippen molar-refractivity contribution in [1.82, 2.24) is 0 Å². The van der Waals surface area contributed by atoms with Crippen LogP contribution in [0.4, 0.5) is 5.69 Å². The molecule has 0 saturated carbocycles. The summed E-state index contributed by atoms with van der Waals surface area (Å²) in [5, 5.41) is 2.84. The quantitative estimate of drug-likeness (QED) is 0.709. The molecule has 78 valence electrons. The maximum atomic E-state index is 11.3. The maximum absolute atomic E-state index is 11.3. The van der Waals surface area contributed by atoms with Gasteiger partial charge < -0.3 is 5.32 Å². The van der Waals surface area contributed by atoms with Gasteiger partial charge in [-0.3, -0.25) is 9.59 Å². The number of hydrogen-bond acceptors (Lipinski definition) is 2. The van der Waals surface area contributed by atoms with E-state index in [2.05, 4.69) is 5.32 Å². The number of fused-ring (bicyclic) bond motifs is 1. The van der Waals surface area contributed by atoms with Crippen LogP contribution in [0.2, 0.25) is 0 Å². The first-order chi connectivity index (χ1) is 7.06. The lowest BCUT2D eigenvalue weighted by Crippen LogP contribution is -2.04. The van der Waals surface area contributed by atoms with E-state index in [9.17, 15) is 9.59 Å². The van der Waals surface area contributed by atoms with Gasteiger partial charge in [0.1, 0.15) is 0 Å². The minimum atomic E-state index is 0.0126. The molecule has 1 aliphatic heterocycles. The van der Waals surface area contributed by atoms with E-state index in [-0.39, 0.29) is 5.91 Å². The lowest BCUT2D eigenvalue weighted by atomic mass is 9.92. The number of benzene rings is 1. The summed E-state index contributed by atoms with van der Waals surface area (Å²) in [4.78, 5) is 22.3. The van der Waals surface area contributed by atoms with Crippen LogP contribution in [-0.4, -0.2) is 12.2 Å². The molecular weight excluding hydrogens is 190 g/mol. The van der Waals surface area contributed by atoms with Crippen LogP contribution in [0.15, 0.2) is 0 Å². The molecule has 0 fully saturated rings. The third-order valence-electron chi connectivity index (χ3n) is 3.22. The summed E-state index contributed by atoms with van der Waals surface area (Å²) in [7, 11) is 0. The summed E-state index contributed by atoms with van der Waals surface area (Å²) in [5.74, 6) is 0.0126. The number of nitrogens with one attached hydrogen (secondary N) is 1. The molecule has 0 aliphatic carbocycles. The van der Waals surface area contributed by atoms with Crippen LogP contribution in [0.25, 0.3) is 0 Å². The summed E-state index contributed by atoms with van der Waals surface area (Å²) >= 11 is 0. The topological polar surface area (TPSA) is 46.2 Å². The van der Waals surface area contributed by atoms with Gasteiger partial charge in [-0.1, -0.05) is 0 Å². The van der Waals surface area contributed by atoms with Crippen molar-refractivity contribution in [3.05, 3.63) is 27.8 Å². The van der Waals surface area contributed by atoms with E-state index < -0.39 is 0 Å². The Morgan fingerprint density at radius 2 is 1.80 bits per heavy atom. The monoisotopic (exact) mass is 203 g/mol. The first-order valence-corrected chi connectivity index (χ1v) is 4.94. The summed E-state index contributed by atoms with van der Waals surface area (Å²) in [5.41, 5.74) is 5.50. The number of amides is 1. The Labute approximate surface area is 88.5 Å². The van der Waals surface area contributed by atoms with Crippen molar-refractivity contribution in [3.63, 3.8) is 0 Å². The minimum Gasteiger partial charge on any atom is -0.325 e. The van der Waals surface area contributed by atoms with Gasteiger partial charge in [-0.05, 0) is 43.0 Å². The van der Waals surface area contributed by atoms with Gasteiger partial charge in [0.15, 0.2) is 6.29 Å². The van der Waals surface area contributed by atoms with Crippen LogP contribution in [0.5, 0.6) is 0 Å². The summed E-state index contributed by atoms with van der Waals surface area (Å²) in [6, 6.07) is 0. The Bertz CT molecular complexity index is 475. The highest BCUT2D eigenvalue weighted by atomic mass is 16.1. The molecule has 1 heterocycles. The Morgan fingerprint density at radius 1 is 1.13 bits per heavy atom. The highest BCUT2D eigenvalue weighted by Gasteiger charge is 2.24. The minimum absolute atomic E-state index is 0.0126. The van der Waals surface area contributed by atoms with E-state index in [0.29, 0.717) is 6.42 Å². The average Bonchev–Trinajstić information content (AvgIpc) is 2.58. The predicted octanol–water partition coefficient (Wildman–Crippen LogP) is 1.92. The first kappa shape index (κ1) is 9.90. The smallest absolute Gasteiger partial charge is 0.228 e. The van der Waals surface area contributed by atoms with Crippen molar-refractivity contribution < 1.29 is 9.59 Å². The van der Waals surface area contributed by atoms with Crippen LogP contribution >= 0.6 is 0 Å². The van der Waals surface area contributed by atoms with Crippen molar-refractivity contribution in [3.8, 4) is 0 Å². The second kappa shape index (κ2) is 3.19. The molecule has 3 nitrogen and oxygen atoms in total. The molecule has 0 saturated heterocycles. The molecule has 1 aromatic rings. The number of anilines is 1. The molecule has 0 atom stereocenters. The molecule has 0 radical (unpaired) electrons. The maximum Gasteiger partial charge on any atom is 0.228 e. The van der Waals surface area contributed by atoms with Gasteiger partial charge in [0.05, 0.1) is 6.42 Å². The highest BCUT2D eigenvalue weighted by Crippen LogP contribution is 2.34. The number of hydrogen-bond donors (Lipinski definition) is 1. The van der Waals surface area contributed by atoms with Gasteiger partial charge in [-0.15, -0.1) is 0 Å². The third kappa shape index (κ3) is 1.27. The molecule has 0 bridgehead atoms. The zero-order valence-electron chi connectivity index (χ0n) is 9.10. The first-order valence-electron chi connectivity index (χ1n) is 4.94. The molecular formula is C12H13NO2. The Hall–Kier alpha value is -1.64. The molecule has 1 N–H and O–H groups in total. The number of rotatable bonds is 1. The lowest BCUT2D eigenvalue weighted by Gasteiger charge is -2.13. The zero-order chi connectivity index (χ0) is 11.2. The normalized spacial score (nSPS) is 13.7. The van der Waals surface area contributed by atoms with Gasteiger partial charge in [0.2, 0.25) is 5.91 Å². The van der Waals surface area contributed by atoms with E-state index in [1.165, 1.54) is 0 Å². The Morgan fingerprint density at radius 3 is 2.40 bits per heavy atom. The van der Waals surface area contributed by atoms with Gasteiger partial charge in [0.25, 0.3) is 0 Å². The van der Waals surface area contributed by atoms with Crippen LogP contribution < -0.4 is 5.32 Å².